The zero-order valence-corrected chi connectivity index (χ0v) is 19.0. The van der Waals surface area contributed by atoms with Crippen molar-refractivity contribution in [2.45, 2.75) is 0 Å². The van der Waals surface area contributed by atoms with E-state index < -0.39 is 0 Å². The van der Waals surface area contributed by atoms with Crippen molar-refractivity contribution in [3.05, 3.63) is 95.0 Å². The van der Waals surface area contributed by atoms with Gasteiger partial charge in [0.25, 0.3) is 5.91 Å². The van der Waals surface area contributed by atoms with Crippen LogP contribution >= 0.6 is 28.1 Å². The van der Waals surface area contributed by atoms with Crippen LogP contribution in [0.25, 0.3) is 33.3 Å². The van der Waals surface area contributed by atoms with Crippen molar-refractivity contribution in [3.8, 4) is 11.5 Å². The van der Waals surface area contributed by atoms with Gasteiger partial charge >= 0.3 is 0 Å². The van der Waals surface area contributed by atoms with E-state index in [1.165, 1.54) is 0 Å². The van der Waals surface area contributed by atoms with Crippen molar-refractivity contribution >= 4 is 66.7 Å². The molecule has 32 heavy (non-hydrogen) atoms. The fourth-order valence-corrected chi connectivity index (χ4v) is 4.12. The normalized spacial score (nSPS) is 10.9. The van der Waals surface area contributed by atoms with Crippen LogP contribution in [-0.4, -0.2) is 16.0 Å². The molecule has 5 rings (SSSR count). The Kier molecular flexibility index (Phi) is 5.43. The highest BCUT2D eigenvalue weighted by Crippen LogP contribution is 2.28. The van der Waals surface area contributed by atoms with E-state index in [9.17, 15) is 4.79 Å². The molecule has 156 valence electrons. The summed E-state index contributed by atoms with van der Waals surface area (Å²) in [4.78, 5) is 17.4. The largest absolute Gasteiger partial charge is 0.436 e. The van der Waals surface area contributed by atoms with Crippen LogP contribution in [0.3, 0.4) is 0 Å². The molecule has 2 N–H and O–H groups in total. The molecule has 0 aliphatic heterocycles. The lowest BCUT2D eigenvalue weighted by Crippen LogP contribution is -2.34. The second-order valence-corrected chi connectivity index (χ2v) is 8.47. The van der Waals surface area contributed by atoms with Gasteiger partial charge in [0.2, 0.25) is 5.89 Å². The number of nitrogens with zero attached hydrogens (tertiary/aromatic N) is 1. The molecule has 0 atom stereocenters. The van der Waals surface area contributed by atoms with Gasteiger partial charge in [0.1, 0.15) is 5.52 Å². The fourth-order valence-electron chi connectivity index (χ4n) is 3.51. The number of carbonyl (C=O) groups excluding carboxylic acids is 1. The van der Waals surface area contributed by atoms with Crippen LogP contribution in [-0.2, 0) is 0 Å². The molecule has 7 heteroatoms. The number of benzene rings is 4. The Morgan fingerprint density at radius 1 is 0.938 bits per heavy atom. The van der Waals surface area contributed by atoms with Crippen molar-refractivity contribution in [1.29, 1.82) is 0 Å². The number of rotatable bonds is 3. The number of nitrogens with one attached hydrogen (secondary N) is 2. The van der Waals surface area contributed by atoms with E-state index in [2.05, 4.69) is 31.5 Å². The van der Waals surface area contributed by atoms with Crippen molar-refractivity contribution < 1.29 is 9.21 Å². The number of anilines is 1. The molecule has 0 bridgehead atoms. The maximum Gasteiger partial charge on any atom is 0.258 e. The predicted octanol–water partition coefficient (Wildman–Crippen LogP) is 6.54. The van der Waals surface area contributed by atoms with Crippen LogP contribution in [0.5, 0.6) is 0 Å². The third-order valence-corrected chi connectivity index (χ3v) is 5.68. The summed E-state index contributed by atoms with van der Waals surface area (Å²) in [5, 5.41) is 7.88. The third-order valence-electron chi connectivity index (χ3n) is 4.98. The Morgan fingerprint density at radius 2 is 1.75 bits per heavy atom. The summed E-state index contributed by atoms with van der Waals surface area (Å²) >= 11 is 8.83. The fraction of sp³-hybridized carbons (Fsp3) is 0. The van der Waals surface area contributed by atoms with E-state index in [4.69, 9.17) is 16.6 Å². The molecule has 5 nitrogen and oxygen atoms in total. The van der Waals surface area contributed by atoms with E-state index in [1.807, 2.05) is 78.9 Å². The summed E-state index contributed by atoms with van der Waals surface area (Å²) in [6.45, 7) is 0. The average molecular weight is 502 g/mol. The molecule has 0 spiro atoms. The molecule has 0 radical (unpaired) electrons. The first-order valence-corrected chi connectivity index (χ1v) is 11.0. The highest BCUT2D eigenvalue weighted by Gasteiger charge is 2.13. The topological polar surface area (TPSA) is 67.2 Å². The van der Waals surface area contributed by atoms with Gasteiger partial charge in [-0.1, -0.05) is 58.4 Å². The van der Waals surface area contributed by atoms with Crippen molar-refractivity contribution in [1.82, 2.24) is 10.3 Å². The molecule has 0 aliphatic rings. The van der Waals surface area contributed by atoms with E-state index in [0.29, 0.717) is 28.2 Å². The van der Waals surface area contributed by atoms with Crippen LogP contribution in [0.1, 0.15) is 10.4 Å². The van der Waals surface area contributed by atoms with E-state index in [1.54, 1.807) is 6.07 Å². The molecule has 5 aromatic rings. The Balaban J connectivity index is 1.33. The summed E-state index contributed by atoms with van der Waals surface area (Å²) in [5.41, 5.74) is 3.50. The first kappa shape index (κ1) is 20.4. The second-order valence-electron chi connectivity index (χ2n) is 7.15. The van der Waals surface area contributed by atoms with Crippen LogP contribution in [0, 0.1) is 0 Å². The minimum Gasteiger partial charge on any atom is -0.436 e. The molecule has 4 aromatic carbocycles. The van der Waals surface area contributed by atoms with Gasteiger partial charge in [-0.2, -0.15) is 0 Å². The van der Waals surface area contributed by atoms with Crippen molar-refractivity contribution in [2.75, 3.05) is 5.32 Å². The molecular formula is C25H16BrN3O2S. The number of thiocarbonyl (C=S) groups is 1. The van der Waals surface area contributed by atoms with Gasteiger partial charge in [0, 0.05) is 21.3 Å². The first-order valence-electron chi connectivity index (χ1n) is 9.83. The number of hydrogen-bond donors (Lipinski definition) is 2. The molecule has 0 fully saturated rings. The molecule has 0 unspecified atom stereocenters. The number of hydrogen-bond acceptors (Lipinski definition) is 4. The SMILES string of the molecule is O=C(NC(=S)Nc1ccc2oc(-c3cccc(Br)c3)nc2c1)c1cccc2ccccc12. The van der Waals surface area contributed by atoms with Gasteiger partial charge in [-0.25, -0.2) is 4.98 Å². The van der Waals surface area contributed by atoms with Gasteiger partial charge in [0.15, 0.2) is 10.7 Å². The maximum atomic E-state index is 12.8. The van der Waals surface area contributed by atoms with Crippen LogP contribution in [0.4, 0.5) is 5.69 Å². The number of halogens is 1. The number of aromatic nitrogens is 1. The summed E-state index contributed by atoms with van der Waals surface area (Å²) in [7, 11) is 0. The summed E-state index contributed by atoms with van der Waals surface area (Å²) in [6.07, 6.45) is 0. The lowest BCUT2D eigenvalue weighted by atomic mass is 10.0. The molecule has 0 aliphatic carbocycles. The zero-order valence-electron chi connectivity index (χ0n) is 16.6. The second kappa shape index (κ2) is 8.53. The number of fused-ring (bicyclic) bond motifs is 2. The summed E-state index contributed by atoms with van der Waals surface area (Å²) in [6, 6.07) is 26.6. The molecule has 0 saturated carbocycles. The summed E-state index contributed by atoms with van der Waals surface area (Å²) < 4.78 is 6.82. The minimum absolute atomic E-state index is 0.206. The smallest absolute Gasteiger partial charge is 0.258 e. The Morgan fingerprint density at radius 3 is 2.62 bits per heavy atom. The predicted molar refractivity (Wildman–Crippen MR) is 135 cm³/mol. The van der Waals surface area contributed by atoms with Crippen LogP contribution in [0.2, 0.25) is 0 Å². The van der Waals surface area contributed by atoms with E-state index in [0.717, 1.165) is 20.8 Å². The van der Waals surface area contributed by atoms with Gasteiger partial charge in [-0.3, -0.25) is 10.1 Å². The summed E-state index contributed by atoms with van der Waals surface area (Å²) in [5.74, 6) is 0.268. The monoisotopic (exact) mass is 501 g/mol. The quantitative estimate of drug-likeness (QED) is 0.275. The lowest BCUT2D eigenvalue weighted by molar-refractivity contribution is 0.0979. The van der Waals surface area contributed by atoms with E-state index in [-0.39, 0.29) is 11.0 Å². The third kappa shape index (κ3) is 4.12. The highest BCUT2D eigenvalue weighted by atomic mass is 79.9. The number of amides is 1. The molecule has 1 heterocycles. The van der Waals surface area contributed by atoms with Crippen LogP contribution in [0.15, 0.2) is 93.8 Å². The zero-order chi connectivity index (χ0) is 22.1. The standard InChI is InChI=1S/C25H16BrN3O2S/c26-17-8-3-7-16(13-17)24-28-21-14-18(11-12-22(21)31-24)27-25(32)29-23(30)20-10-4-6-15-5-1-2-9-19(15)20/h1-14H,(H2,27,29,30,32). The van der Waals surface area contributed by atoms with Crippen LogP contribution < -0.4 is 10.6 Å². The van der Waals surface area contributed by atoms with E-state index >= 15 is 0 Å². The van der Waals surface area contributed by atoms with Crippen molar-refractivity contribution in [3.63, 3.8) is 0 Å². The molecule has 0 saturated heterocycles. The van der Waals surface area contributed by atoms with Gasteiger partial charge < -0.3 is 9.73 Å². The number of carbonyl (C=O) groups is 1. The van der Waals surface area contributed by atoms with Gasteiger partial charge in [-0.05, 0) is 65.5 Å². The lowest BCUT2D eigenvalue weighted by Gasteiger charge is -2.11. The average Bonchev–Trinajstić information content (AvgIpc) is 3.22. The molecule has 1 amide bonds. The number of oxazole rings is 1. The minimum atomic E-state index is -0.265. The molecular weight excluding hydrogens is 486 g/mol. The Labute approximate surface area is 197 Å². The molecule has 1 aromatic heterocycles. The van der Waals surface area contributed by atoms with Crippen molar-refractivity contribution in [2.24, 2.45) is 0 Å². The Bertz CT molecular complexity index is 1490. The highest BCUT2D eigenvalue weighted by molar-refractivity contribution is 9.10. The van der Waals surface area contributed by atoms with Gasteiger partial charge in [0.05, 0.1) is 0 Å². The first-order chi connectivity index (χ1) is 15.6. The Hall–Kier alpha value is -3.55. The maximum absolute atomic E-state index is 12.8. The van der Waals surface area contributed by atoms with Gasteiger partial charge in [-0.15, -0.1) is 0 Å².